The molecular formula is C10H10BrN3O. The van der Waals surface area contributed by atoms with Gasteiger partial charge in [-0.05, 0) is 32.0 Å². The summed E-state index contributed by atoms with van der Waals surface area (Å²) in [5, 5.41) is 7.91. The van der Waals surface area contributed by atoms with Gasteiger partial charge in [-0.15, -0.1) is 5.10 Å². The molecule has 1 heterocycles. The van der Waals surface area contributed by atoms with Gasteiger partial charge in [-0.2, -0.15) is 4.98 Å². The van der Waals surface area contributed by atoms with E-state index in [0.29, 0.717) is 6.01 Å². The molecule has 1 aromatic carbocycles. The fourth-order valence-corrected chi connectivity index (χ4v) is 1.50. The Bertz CT molecular complexity index is 487. The van der Waals surface area contributed by atoms with E-state index >= 15 is 0 Å². The van der Waals surface area contributed by atoms with Crippen LogP contribution in [0.1, 0.15) is 13.8 Å². The summed E-state index contributed by atoms with van der Waals surface area (Å²) in [6.07, 6.45) is 0.0553. The second kappa shape index (κ2) is 4.10. The molecule has 0 amide bonds. The Morgan fingerprint density at radius 1 is 1.20 bits per heavy atom. The Morgan fingerprint density at radius 3 is 2.73 bits per heavy atom. The standard InChI is InChI=1S/C10H10BrN3O/c1-6(2)15-10-12-8-4-3-7(11)5-9(8)13-14-10/h3-6H,1-2H3. The summed E-state index contributed by atoms with van der Waals surface area (Å²) in [4.78, 5) is 4.24. The molecule has 2 aromatic rings. The van der Waals surface area contributed by atoms with Crippen molar-refractivity contribution in [3.63, 3.8) is 0 Å². The topological polar surface area (TPSA) is 47.9 Å². The fourth-order valence-electron chi connectivity index (χ4n) is 1.15. The molecule has 0 atom stereocenters. The molecule has 1 aromatic heterocycles. The predicted molar refractivity (Wildman–Crippen MR) is 60.8 cm³/mol. The summed E-state index contributed by atoms with van der Waals surface area (Å²) in [6, 6.07) is 5.98. The van der Waals surface area contributed by atoms with Crippen LogP contribution < -0.4 is 4.74 Å². The lowest BCUT2D eigenvalue weighted by Crippen LogP contribution is -2.09. The molecule has 0 unspecified atom stereocenters. The highest BCUT2D eigenvalue weighted by molar-refractivity contribution is 9.10. The van der Waals surface area contributed by atoms with E-state index in [0.717, 1.165) is 15.5 Å². The van der Waals surface area contributed by atoms with Gasteiger partial charge in [-0.25, -0.2) is 0 Å². The SMILES string of the molecule is CC(C)Oc1nnc2cc(Br)ccc2n1. The maximum absolute atomic E-state index is 5.36. The average Bonchev–Trinajstić information content (AvgIpc) is 2.17. The van der Waals surface area contributed by atoms with Gasteiger partial charge in [0.15, 0.2) is 0 Å². The fraction of sp³-hybridized carbons (Fsp3) is 0.300. The maximum Gasteiger partial charge on any atom is 0.336 e. The van der Waals surface area contributed by atoms with Crippen LogP contribution in [0.3, 0.4) is 0 Å². The minimum absolute atomic E-state index is 0.0553. The summed E-state index contributed by atoms with van der Waals surface area (Å²) >= 11 is 3.36. The first-order valence-corrected chi connectivity index (χ1v) is 5.41. The van der Waals surface area contributed by atoms with Crippen molar-refractivity contribution in [3.05, 3.63) is 22.7 Å². The molecule has 5 heteroatoms. The maximum atomic E-state index is 5.36. The number of hydrogen-bond donors (Lipinski definition) is 0. The highest BCUT2D eigenvalue weighted by atomic mass is 79.9. The van der Waals surface area contributed by atoms with Crippen LogP contribution in [-0.4, -0.2) is 21.3 Å². The zero-order valence-corrected chi connectivity index (χ0v) is 10.0. The average molecular weight is 268 g/mol. The molecule has 0 radical (unpaired) electrons. The number of ether oxygens (including phenoxy) is 1. The van der Waals surface area contributed by atoms with Crippen molar-refractivity contribution in [1.29, 1.82) is 0 Å². The number of fused-ring (bicyclic) bond motifs is 1. The Morgan fingerprint density at radius 2 is 2.00 bits per heavy atom. The first-order chi connectivity index (χ1) is 7.15. The van der Waals surface area contributed by atoms with Crippen LogP contribution in [0.4, 0.5) is 0 Å². The molecule has 0 aliphatic carbocycles. The summed E-state index contributed by atoms with van der Waals surface area (Å²) in [7, 11) is 0. The Kier molecular flexibility index (Phi) is 2.81. The first kappa shape index (κ1) is 10.3. The Hall–Kier alpha value is -1.23. The van der Waals surface area contributed by atoms with Crippen molar-refractivity contribution in [2.75, 3.05) is 0 Å². The van der Waals surface area contributed by atoms with Crippen molar-refractivity contribution in [2.45, 2.75) is 20.0 Å². The van der Waals surface area contributed by atoms with E-state index in [1.807, 2.05) is 32.0 Å². The van der Waals surface area contributed by atoms with Crippen molar-refractivity contribution in [1.82, 2.24) is 15.2 Å². The molecule has 0 fully saturated rings. The van der Waals surface area contributed by atoms with E-state index in [1.54, 1.807) is 0 Å². The first-order valence-electron chi connectivity index (χ1n) is 4.62. The van der Waals surface area contributed by atoms with Crippen LogP contribution in [0, 0.1) is 0 Å². The lowest BCUT2D eigenvalue weighted by molar-refractivity contribution is 0.220. The monoisotopic (exact) mass is 267 g/mol. The van der Waals surface area contributed by atoms with E-state index in [9.17, 15) is 0 Å². The van der Waals surface area contributed by atoms with Gasteiger partial charge in [0.25, 0.3) is 0 Å². The van der Waals surface area contributed by atoms with Crippen LogP contribution in [0.25, 0.3) is 11.0 Å². The third kappa shape index (κ3) is 2.41. The number of hydrogen-bond acceptors (Lipinski definition) is 4. The Balaban J connectivity index is 2.43. The highest BCUT2D eigenvalue weighted by Crippen LogP contribution is 2.17. The van der Waals surface area contributed by atoms with E-state index in [2.05, 4.69) is 31.1 Å². The van der Waals surface area contributed by atoms with Crippen LogP contribution in [0.15, 0.2) is 22.7 Å². The molecule has 15 heavy (non-hydrogen) atoms. The minimum atomic E-state index is 0.0553. The third-order valence-corrected chi connectivity index (χ3v) is 2.23. The van der Waals surface area contributed by atoms with E-state index < -0.39 is 0 Å². The molecular weight excluding hydrogens is 258 g/mol. The quantitative estimate of drug-likeness (QED) is 0.839. The molecule has 2 rings (SSSR count). The summed E-state index contributed by atoms with van der Waals surface area (Å²) < 4.78 is 6.32. The molecule has 0 saturated heterocycles. The van der Waals surface area contributed by atoms with Crippen molar-refractivity contribution in [2.24, 2.45) is 0 Å². The van der Waals surface area contributed by atoms with Crippen molar-refractivity contribution in [3.8, 4) is 6.01 Å². The van der Waals surface area contributed by atoms with E-state index in [-0.39, 0.29) is 6.10 Å². The number of aromatic nitrogens is 3. The highest BCUT2D eigenvalue weighted by Gasteiger charge is 2.04. The van der Waals surface area contributed by atoms with Gasteiger partial charge in [-0.3, -0.25) is 0 Å². The molecule has 0 aliphatic rings. The van der Waals surface area contributed by atoms with Gasteiger partial charge in [0, 0.05) is 4.47 Å². The van der Waals surface area contributed by atoms with Gasteiger partial charge < -0.3 is 4.74 Å². The van der Waals surface area contributed by atoms with Gasteiger partial charge in [0.2, 0.25) is 0 Å². The number of nitrogens with zero attached hydrogens (tertiary/aromatic N) is 3. The smallest absolute Gasteiger partial charge is 0.336 e. The normalized spacial score (nSPS) is 10.9. The van der Waals surface area contributed by atoms with Crippen molar-refractivity contribution < 1.29 is 4.74 Å². The lowest BCUT2D eigenvalue weighted by Gasteiger charge is -2.06. The molecule has 0 N–H and O–H groups in total. The largest absolute Gasteiger partial charge is 0.460 e. The molecule has 4 nitrogen and oxygen atoms in total. The molecule has 0 aliphatic heterocycles. The van der Waals surface area contributed by atoms with E-state index in [4.69, 9.17) is 4.74 Å². The van der Waals surface area contributed by atoms with Gasteiger partial charge >= 0.3 is 6.01 Å². The van der Waals surface area contributed by atoms with E-state index in [1.165, 1.54) is 0 Å². The molecule has 0 spiro atoms. The molecule has 0 saturated carbocycles. The van der Waals surface area contributed by atoms with Crippen molar-refractivity contribution >= 4 is 27.0 Å². The zero-order valence-electron chi connectivity index (χ0n) is 8.44. The van der Waals surface area contributed by atoms with Crippen LogP contribution in [0.5, 0.6) is 6.01 Å². The van der Waals surface area contributed by atoms with Gasteiger partial charge in [0.05, 0.1) is 11.6 Å². The number of benzene rings is 1. The number of rotatable bonds is 2. The summed E-state index contributed by atoms with van der Waals surface area (Å²) in [6.45, 7) is 3.85. The van der Waals surface area contributed by atoms with Crippen LogP contribution >= 0.6 is 15.9 Å². The predicted octanol–water partition coefficient (Wildman–Crippen LogP) is 2.57. The molecule has 78 valence electrons. The zero-order chi connectivity index (χ0) is 10.8. The lowest BCUT2D eigenvalue weighted by atomic mass is 10.3. The molecule has 0 bridgehead atoms. The minimum Gasteiger partial charge on any atom is -0.460 e. The summed E-state index contributed by atoms with van der Waals surface area (Å²) in [5.74, 6) is 0. The number of halogens is 1. The van der Waals surface area contributed by atoms with Crippen LogP contribution in [0.2, 0.25) is 0 Å². The second-order valence-electron chi connectivity index (χ2n) is 3.39. The second-order valence-corrected chi connectivity index (χ2v) is 4.31. The van der Waals surface area contributed by atoms with Gasteiger partial charge in [0.1, 0.15) is 5.52 Å². The Labute approximate surface area is 95.8 Å². The van der Waals surface area contributed by atoms with Gasteiger partial charge in [-0.1, -0.05) is 21.0 Å². The summed E-state index contributed by atoms with van der Waals surface area (Å²) in [5.41, 5.74) is 1.53. The van der Waals surface area contributed by atoms with Crippen LogP contribution in [-0.2, 0) is 0 Å². The third-order valence-electron chi connectivity index (χ3n) is 1.74.